The minimum atomic E-state index is 0.0464. The van der Waals surface area contributed by atoms with Crippen molar-refractivity contribution in [3.63, 3.8) is 0 Å². The first-order chi connectivity index (χ1) is 6.68. The normalized spacial score (nSPS) is 13.9. The summed E-state index contributed by atoms with van der Waals surface area (Å²) < 4.78 is 10.9. The minimum absolute atomic E-state index is 0.0464. The first-order valence-electron chi connectivity index (χ1n) is 4.59. The molecule has 0 atom stereocenters. The molecule has 3 nitrogen and oxygen atoms in total. The van der Waals surface area contributed by atoms with Crippen LogP contribution in [-0.4, -0.2) is 19.0 Å². The van der Waals surface area contributed by atoms with Gasteiger partial charge in [-0.1, -0.05) is 0 Å². The third-order valence-electron chi connectivity index (χ3n) is 2.23. The molecule has 0 fully saturated rings. The van der Waals surface area contributed by atoms with Crippen molar-refractivity contribution in [1.82, 2.24) is 0 Å². The van der Waals surface area contributed by atoms with Crippen molar-refractivity contribution >= 4 is 5.78 Å². The van der Waals surface area contributed by atoms with Gasteiger partial charge in [-0.2, -0.15) is 0 Å². The largest absolute Gasteiger partial charge is 0.486 e. The van der Waals surface area contributed by atoms with Crippen LogP contribution in [0.15, 0.2) is 12.1 Å². The molecule has 1 aliphatic rings. The predicted octanol–water partition coefficient (Wildman–Crippen LogP) is 1.97. The van der Waals surface area contributed by atoms with Crippen LogP contribution >= 0.6 is 0 Å². The average molecular weight is 192 g/mol. The Morgan fingerprint density at radius 3 is 2.71 bits per heavy atom. The van der Waals surface area contributed by atoms with E-state index in [1.807, 2.05) is 13.0 Å². The van der Waals surface area contributed by atoms with E-state index in [4.69, 9.17) is 9.47 Å². The summed E-state index contributed by atoms with van der Waals surface area (Å²) in [5.41, 5.74) is 1.62. The lowest BCUT2D eigenvalue weighted by Gasteiger charge is -2.20. The Balaban J connectivity index is 2.51. The van der Waals surface area contributed by atoms with Gasteiger partial charge in [-0.25, -0.2) is 0 Å². The van der Waals surface area contributed by atoms with Crippen LogP contribution in [-0.2, 0) is 0 Å². The van der Waals surface area contributed by atoms with Gasteiger partial charge >= 0.3 is 0 Å². The summed E-state index contributed by atoms with van der Waals surface area (Å²) in [5, 5.41) is 0. The molecule has 0 aromatic heterocycles. The average Bonchev–Trinajstić information content (AvgIpc) is 2.17. The van der Waals surface area contributed by atoms with E-state index in [0.29, 0.717) is 24.5 Å². The maximum Gasteiger partial charge on any atom is 0.164 e. The van der Waals surface area contributed by atoms with Crippen LogP contribution in [0.25, 0.3) is 0 Å². The monoisotopic (exact) mass is 192 g/mol. The summed E-state index contributed by atoms with van der Waals surface area (Å²) in [5.74, 6) is 1.49. The maximum absolute atomic E-state index is 11.2. The van der Waals surface area contributed by atoms with Crippen molar-refractivity contribution in [3.8, 4) is 11.5 Å². The van der Waals surface area contributed by atoms with E-state index in [1.165, 1.54) is 0 Å². The molecule has 1 aliphatic heterocycles. The molecule has 0 amide bonds. The van der Waals surface area contributed by atoms with E-state index < -0.39 is 0 Å². The molecule has 0 saturated heterocycles. The van der Waals surface area contributed by atoms with Gasteiger partial charge in [0.2, 0.25) is 0 Å². The van der Waals surface area contributed by atoms with E-state index in [0.717, 1.165) is 11.3 Å². The van der Waals surface area contributed by atoms with Crippen LogP contribution in [0.1, 0.15) is 22.8 Å². The molecule has 0 unspecified atom stereocenters. The Morgan fingerprint density at radius 1 is 1.29 bits per heavy atom. The topological polar surface area (TPSA) is 35.5 Å². The van der Waals surface area contributed by atoms with Gasteiger partial charge < -0.3 is 9.47 Å². The molecule has 0 radical (unpaired) electrons. The van der Waals surface area contributed by atoms with Gasteiger partial charge in [-0.15, -0.1) is 0 Å². The maximum atomic E-state index is 11.2. The predicted molar refractivity (Wildman–Crippen MR) is 52.2 cm³/mol. The standard InChI is InChI=1S/C11H12O3/c1-7-5-9(8(2)12)6-10-11(7)14-4-3-13-10/h5-6H,3-4H2,1-2H3. The molecule has 3 heteroatoms. The number of Topliss-reactive ketones (excluding diaryl/α,β-unsaturated/α-hetero) is 1. The summed E-state index contributed by atoms with van der Waals surface area (Å²) in [6.45, 7) is 4.59. The highest BCUT2D eigenvalue weighted by atomic mass is 16.6. The molecule has 0 bridgehead atoms. The van der Waals surface area contributed by atoms with Crippen LogP contribution in [0.3, 0.4) is 0 Å². The zero-order chi connectivity index (χ0) is 10.1. The third-order valence-corrected chi connectivity index (χ3v) is 2.23. The number of aryl methyl sites for hydroxylation is 1. The molecule has 0 spiro atoms. The van der Waals surface area contributed by atoms with Crippen LogP contribution < -0.4 is 9.47 Å². The molecule has 14 heavy (non-hydrogen) atoms. The second kappa shape index (κ2) is 3.33. The summed E-state index contributed by atoms with van der Waals surface area (Å²) in [6.07, 6.45) is 0. The highest BCUT2D eigenvalue weighted by molar-refractivity contribution is 5.95. The molecule has 0 N–H and O–H groups in total. The second-order valence-electron chi connectivity index (χ2n) is 3.37. The lowest BCUT2D eigenvalue weighted by atomic mass is 10.1. The first-order valence-corrected chi connectivity index (χ1v) is 4.59. The lowest BCUT2D eigenvalue weighted by molar-refractivity contribution is 0.101. The van der Waals surface area contributed by atoms with E-state index >= 15 is 0 Å². The molecule has 0 saturated carbocycles. The second-order valence-corrected chi connectivity index (χ2v) is 3.37. The van der Waals surface area contributed by atoms with Gasteiger partial charge in [-0.3, -0.25) is 4.79 Å². The molecule has 1 heterocycles. The lowest BCUT2D eigenvalue weighted by Crippen LogP contribution is -2.16. The Bertz CT molecular complexity index is 382. The van der Waals surface area contributed by atoms with Crippen molar-refractivity contribution in [2.75, 3.05) is 13.2 Å². The number of benzene rings is 1. The summed E-state index contributed by atoms with van der Waals surface area (Å²) in [6, 6.07) is 3.57. The van der Waals surface area contributed by atoms with Gasteiger partial charge in [0, 0.05) is 5.56 Å². The Kier molecular flexibility index (Phi) is 2.15. The molecule has 0 aliphatic carbocycles. The zero-order valence-electron chi connectivity index (χ0n) is 8.29. The van der Waals surface area contributed by atoms with E-state index in [2.05, 4.69) is 0 Å². The van der Waals surface area contributed by atoms with Crippen molar-refractivity contribution in [2.45, 2.75) is 13.8 Å². The van der Waals surface area contributed by atoms with Crippen LogP contribution in [0.4, 0.5) is 0 Å². The molecule has 1 aromatic rings. The Labute approximate surface area is 82.6 Å². The van der Waals surface area contributed by atoms with Crippen molar-refractivity contribution in [1.29, 1.82) is 0 Å². The summed E-state index contributed by atoms with van der Waals surface area (Å²) in [4.78, 5) is 11.2. The van der Waals surface area contributed by atoms with Crippen LogP contribution in [0.5, 0.6) is 11.5 Å². The fourth-order valence-corrected chi connectivity index (χ4v) is 1.53. The number of hydrogen-bond donors (Lipinski definition) is 0. The summed E-state index contributed by atoms with van der Waals surface area (Å²) >= 11 is 0. The number of carbonyl (C=O) groups excluding carboxylic acids is 1. The number of fused-ring (bicyclic) bond motifs is 1. The van der Waals surface area contributed by atoms with Crippen molar-refractivity contribution in [3.05, 3.63) is 23.3 Å². The number of carbonyl (C=O) groups is 1. The third kappa shape index (κ3) is 1.45. The van der Waals surface area contributed by atoms with E-state index in [1.54, 1.807) is 13.0 Å². The van der Waals surface area contributed by atoms with Crippen molar-refractivity contribution in [2.24, 2.45) is 0 Å². The molecule has 2 rings (SSSR count). The van der Waals surface area contributed by atoms with Gasteiger partial charge in [0.05, 0.1) is 0 Å². The highest BCUT2D eigenvalue weighted by Gasteiger charge is 2.16. The molecular weight excluding hydrogens is 180 g/mol. The SMILES string of the molecule is CC(=O)c1cc(C)c2c(c1)OCCO2. The fourth-order valence-electron chi connectivity index (χ4n) is 1.53. The van der Waals surface area contributed by atoms with Gasteiger partial charge in [-0.05, 0) is 31.5 Å². The first kappa shape index (κ1) is 9.06. The van der Waals surface area contributed by atoms with Crippen molar-refractivity contribution < 1.29 is 14.3 Å². The zero-order valence-corrected chi connectivity index (χ0v) is 8.29. The molecule has 1 aromatic carbocycles. The molecular formula is C11H12O3. The van der Waals surface area contributed by atoms with E-state index in [9.17, 15) is 4.79 Å². The van der Waals surface area contributed by atoms with Crippen LogP contribution in [0, 0.1) is 6.92 Å². The summed E-state index contributed by atoms with van der Waals surface area (Å²) in [7, 11) is 0. The van der Waals surface area contributed by atoms with Gasteiger partial charge in [0.25, 0.3) is 0 Å². The van der Waals surface area contributed by atoms with Gasteiger partial charge in [0.15, 0.2) is 17.3 Å². The highest BCUT2D eigenvalue weighted by Crippen LogP contribution is 2.34. The number of rotatable bonds is 1. The number of ketones is 1. The quantitative estimate of drug-likeness (QED) is 0.638. The minimum Gasteiger partial charge on any atom is -0.486 e. The smallest absolute Gasteiger partial charge is 0.164 e. The Hall–Kier alpha value is -1.51. The fraction of sp³-hybridized carbons (Fsp3) is 0.364. The number of hydrogen-bond acceptors (Lipinski definition) is 3. The number of ether oxygens (including phenoxy) is 2. The van der Waals surface area contributed by atoms with Gasteiger partial charge in [0.1, 0.15) is 13.2 Å². The van der Waals surface area contributed by atoms with Crippen LogP contribution in [0.2, 0.25) is 0 Å². The molecule has 74 valence electrons. The van der Waals surface area contributed by atoms with E-state index in [-0.39, 0.29) is 5.78 Å². The Morgan fingerprint density at radius 2 is 2.00 bits per heavy atom.